The number of likely N-dealkylation sites (tertiary alicyclic amines) is 1. The average Bonchev–Trinajstić information content (AvgIpc) is 3.07. The van der Waals surface area contributed by atoms with Crippen molar-refractivity contribution in [3.8, 4) is 5.75 Å². The molecule has 2 aromatic rings. The summed E-state index contributed by atoms with van der Waals surface area (Å²) in [7, 11) is 0. The van der Waals surface area contributed by atoms with Gasteiger partial charge in [-0.3, -0.25) is 4.90 Å². The topological polar surface area (TPSA) is 35.9 Å². The lowest BCUT2D eigenvalue weighted by atomic mass is 10.0. The maximum Gasteiger partial charge on any atom is 0.121 e. The predicted octanol–water partition coefficient (Wildman–Crippen LogP) is 4.60. The summed E-state index contributed by atoms with van der Waals surface area (Å²) in [6.45, 7) is 7.00. The van der Waals surface area contributed by atoms with Crippen LogP contribution < -0.4 is 4.74 Å². The van der Waals surface area contributed by atoms with Gasteiger partial charge in [-0.25, -0.2) is 0 Å². The van der Waals surface area contributed by atoms with Crippen LogP contribution in [-0.2, 0) is 13.1 Å². The van der Waals surface area contributed by atoms with Crippen molar-refractivity contribution < 1.29 is 9.84 Å². The first-order chi connectivity index (χ1) is 13.9. The van der Waals surface area contributed by atoms with E-state index in [2.05, 4.69) is 34.1 Å². The molecule has 1 atom stereocenters. The number of ether oxygens (including phenoxy) is 1. The third-order valence-corrected chi connectivity index (χ3v) is 6.50. The molecule has 1 N–H and O–H groups in total. The number of hydrogen-bond acceptors (Lipinski definition) is 4. The van der Waals surface area contributed by atoms with Gasteiger partial charge in [-0.05, 0) is 43.0 Å². The van der Waals surface area contributed by atoms with Crippen LogP contribution in [0.1, 0.15) is 30.9 Å². The van der Waals surface area contributed by atoms with Crippen LogP contribution in [0.25, 0.3) is 0 Å². The van der Waals surface area contributed by atoms with Crippen molar-refractivity contribution in [2.75, 3.05) is 26.2 Å². The van der Waals surface area contributed by atoms with Crippen LogP contribution >= 0.6 is 23.2 Å². The summed E-state index contributed by atoms with van der Waals surface area (Å²) in [5.41, 5.74) is 2.02. The predicted molar refractivity (Wildman–Crippen MR) is 118 cm³/mol. The largest absolute Gasteiger partial charge is 0.490 e. The molecule has 2 aliphatic heterocycles. The van der Waals surface area contributed by atoms with E-state index in [0.29, 0.717) is 23.1 Å². The van der Waals surface area contributed by atoms with Gasteiger partial charge in [0.1, 0.15) is 11.9 Å². The van der Waals surface area contributed by atoms with E-state index in [-0.39, 0.29) is 6.10 Å². The maximum absolute atomic E-state index is 11.0. The molecule has 0 radical (unpaired) electrons. The monoisotopic (exact) mass is 434 g/mol. The van der Waals surface area contributed by atoms with Crippen molar-refractivity contribution in [1.29, 1.82) is 0 Å². The summed E-state index contributed by atoms with van der Waals surface area (Å²) in [5, 5.41) is 12.1. The molecule has 4 rings (SSSR count). The minimum absolute atomic E-state index is 0.168. The second kappa shape index (κ2) is 8.83. The van der Waals surface area contributed by atoms with Gasteiger partial charge in [0.25, 0.3) is 0 Å². The molecule has 0 amide bonds. The van der Waals surface area contributed by atoms with Gasteiger partial charge in [0, 0.05) is 45.3 Å². The summed E-state index contributed by atoms with van der Waals surface area (Å²) in [4.78, 5) is 4.68. The highest BCUT2D eigenvalue weighted by atomic mass is 35.5. The summed E-state index contributed by atoms with van der Waals surface area (Å²) in [5.74, 6) is 0.762. The fourth-order valence-corrected chi connectivity index (χ4v) is 4.74. The quantitative estimate of drug-likeness (QED) is 0.720. The van der Waals surface area contributed by atoms with Crippen LogP contribution in [0.2, 0.25) is 10.0 Å². The zero-order valence-electron chi connectivity index (χ0n) is 16.8. The first kappa shape index (κ1) is 21.0. The molecule has 2 heterocycles. The van der Waals surface area contributed by atoms with Gasteiger partial charge >= 0.3 is 0 Å². The van der Waals surface area contributed by atoms with Crippen molar-refractivity contribution in [3.05, 3.63) is 63.6 Å². The fraction of sp³-hybridized carbons (Fsp3) is 0.478. The molecule has 1 saturated heterocycles. The highest BCUT2D eigenvalue weighted by Crippen LogP contribution is 2.29. The van der Waals surface area contributed by atoms with Crippen molar-refractivity contribution in [2.45, 2.75) is 44.6 Å². The highest BCUT2D eigenvalue weighted by Gasteiger charge is 2.31. The maximum atomic E-state index is 11.0. The molecular weight excluding hydrogens is 407 g/mol. The molecule has 1 fully saturated rings. The second-order valence-corrected chi connectivity index (χ2v) is 9.39. The SMILES string of the molecule is C[C@@](O)(CN1CCC(Oc2ccc(Cl)c(Cl)c2)CC1)CN1Cc2ccccc2C1. The lowest BCUT2D eigenvalue weighted by molar-refractivity contribution is -0.0230. The Bertz CT molecular complexity index is 826. The zero-order chi connectivity index (χ0) is 20.4. The van der Waals surface area contributed by atoms with Gasteiger partial charge in [0.05, 0.1) is 15.6 Å². The molecule has 29 heavy (non-hydrogen) atoms. The first-order valence-corrected chi connectivity index (χ1v) is 11.0. The Morgan fingerprint density at radius 2 is 1.59 bits per heavy atom. The standard InChI is InChI=1S/C23H28Cl2N2O2/c1-23(28,16-27-13-17-4-2-3-5-18(17)14-27)15-26-10-8-19(9-11-26)29-20-6-7-21(24)22(25)12-20/h2-7,12,19,28H,8-11,13-16H2,1H3/t23-/m1/s1. The van der Waals surface area contributed by atoms with Crippen LogP contribution in [0.15, 0.2) is 42.5 Å². The third kappa shape index (κ3) is 5.44. The number of halogens is 2. The number of β-amino-alcohol motifs (C(OH)–C–C–N with tert-alkyl or cyclic N) is 1. The van der Waals surface area contributed by atoms with Crippen LogP contribution in [0.3, 0.4) is 0 Å². The Kier molecular flexibility index (Phi) is 6.38. The molecule has 0 saturated carbocycles. The van der Waals surface area contributed by atoms with Gasteiger partial charge in [-0.1, -0.05) is 47.5 Å². The van der Waals surface area contributed by atoms with Crippen molar-refractivity contribution in [3.63, 3.8) is 0 Å². The van der Waals surface area contributed by atoms with E-state index in [9.17, 15) is 5.11 Å². The van der Waals surface area contributed by atoms with Crippen LogP contribution in [0.5, 0.6) is 5.75 Å². The van der Waals surface area contributed by atoms with E-state index in [1.807, 2.05) is 13.0 Å². The fourth-order valence-electron chi connectivity index (χ4n) is 4.46. The number of hydrogen-bond donors (Lipinski definition) is 1. The lowest BCUT2D eigenvalue weighted by Gasteiger charge is -2.38. The minimum atomic E-state index is -0.737. The molecule has 0 unspecified atom stereocenters. The van der Waals surface area contributed by atoms with Gasteiger partial charge in [-0.15, -0.1) is 0 Å². The van der Waals surface area contributed by atoms with Crippen LogP contribution in [-0.4, -0.2) is 52.8 Å². The number of piperidine rings is 1. The molecular formula is C23H28Cl2N2O2. The number of nitrogens with zero attached hydrogens (tertiary/aromatic N) is 2. The van der Waals surface area contributed by atoms with Gasteiger partial charge < -0.3 is 14.7 Å². The number of benzene rings is 2. The zero-order valence-corrected chi connectivity index (χ0v) is 18.3. The smallest absolute Gasteiger partial charge is 0.121 e. The lowest BCUT2D eigenvalue weighted by Crippen LogP contribution is -2.50. The Labute approximate surface area is 183 Å². The number of aliphatic hydroxyl groups is 1. The Morgan fingerprint density at radius 3 is 2.21 bits per heavy atom. The van der Waals surface area contributed by atoms with Crippen molar-refractivity contribution in [2.24, 2.45) is 0 Å². The van der Waals surface area contributed by atoms with E-state index >= 15 is 0 Å². The molecule has 2 aliphatic rings. The minimum Gasteiger partial charge on any atom is -0.490 e. The van der Waals surface area contributed by atoms with E-state index in [4.69, 9.17) is 27.9 Å². The molecule has 2 aromatic carbocycles. The highest BCUT2D eigenvalue weighted by molar-refractivity contribution is 6.42. The molecule has 6 heteroatoms. The van der Waals surface area contributed by atoms with E-state index in [1.165, 1.54) is 11.1 Å². The van der Waals surface area contributed by atoms with E-state index < -0.39 is 5.60 Å². The van der Waals surface area contributed by atoms with E-state index in [0.717, 1.165) is 44.8 Å². The van der Waals surface area contributed by atoms with E-state index in [1.54, 1.807) is 12.1 Å². The van der Waals surface area contributed by atoms with Crippen LogP contribution in [0.4, 0.5) is 0 Å². The normalized spacial score (nSPS) is 20.4. The van der Waals surface area contributed by atoms with Gasteiger partial charge in [0.2, 0.25) is 0 Å². The number of fused-ring (bicyclic) bond motifs is 1. The summed E-state index contributed by atoms with van der Waals surface area (Å²) in [6.07, 6.45) is 2.04. The second-order valence-electron chi connectivity index (χ2n) is 8.58. The number of rotatable bonds is 6. The molecule has 0 bridgehead atoms. The summed E-state index contributed by atoms with van der Waals surface area (Å²) >= 11 is 12.0. The van der Waals surface area contributed by atoms with Gasteiger partial charge in [-0.2, -0.15) is 0 Å². The Hall–Kier alpha value is -1.30. The molecule has 4 nitrogen and oxygen atoms in total. The third-order valence-electron chi connectivity index (χ3n) is 5.76. The Morgan fingerprint density at radius 1 is 0.966 bits per heavy atom. The van der Waals surface area contributed by atoms with Crippen molar-refractivity contribution >= 4 is 23.2 Å². The summed E-state index contributed by atoms with van der Waals surface area (Å²) in [6, 6.07) is 13.9. The van der Waals surface area contributed by atoms with Crippen LogP contribution in [0, 0.1) is 0 Å². The molecule has 0 aliphatic carbocycles. The van der Waals surface area contributed by atoms with Crippen molar-refractivity contribution in [1.82, 2.24) is 9.80 Å². The first-order valence-electron chi connectivity index (χ1n) is 10.2. The molecule has 0 spiro atoms. The van der Waals surface area contributed by atoms with Gasteiger partial charge in [0.15, 0.2) is 0 Å². The average molecular weight is 435 g/mol. The molecule has 156 valence electrons. The Balaban J connectivity index is 1.24. The molecule has 0 aromatic heterocycles. The summed E-state index contributed by atoms with van der Waals surface area (Å²) < 4.78 is 6.07.